The molecule has 0 unspecified atom stereocenters. The lowest BCUT2D eigenvalue weighted by molar-refractivity contribution is 0.303. The summed E-state index contributed by atoms with van der Waals surface area (Å²) in [5.74, 6) is 3.20. The van der Waals surface area contributed by atoms with Crippen molar-refractivity contribution >= 4 is 5.95 Å². The van der Waals surface area contributed by atoms with Crippen LogP contribution in [0.25, 0.3) is 0 Å². The number of hydrogen-bond donors (Lipinski definition) is 1. The number of anilines is 1. The lowest BCUT2D eigenvalue weighted by Gasteiger charge is -2.25. The van der Waals surface area contributed by atoms with Crippen LogP contribution in [0.5, 0.6) is 5.88 Å². The van der Waals surface area contributed by atoms with Crippen LogP contribution in [0, 0.1) is 24.7 Å². The molecule has 1 rings (SSSR count). The monoisotopic (exact) mass is 265 g/mol. The first-order chi connectivity index (χ1) is 8.93. The van der Waals surface area contributed by atoms with E-state index >= 15 is 0 Å². The van der Waals surface area contributed by atoms with E-state index in [2.05, 4.69) is 43.0 Å². The standard InChI is InChI=1S/C15H27N3O/c1-7-19-14-8-12(6)17-15(18-14)16-9-13(10(2)3)11(4)5/h8,10-11,13H,7,9H2,1-6H3,(H,16,17,18). The van der Waals surface area contributed by atoms with Gasteiger partial charge in [-0.25, -0.2) is 4.98 Å². The molecule has 1 aromatic rings. The van der Waals surface area contributed by atoms with Crippen LogP contribution in [0.15, 0.2) is 6.07 Å². The van der Waals surface area contributed by atoms with E-state index in [1.165, 1.54) is 0 Å². The quantitative estimate of drug-likeness (QED) is 0.819. The first-order valence-electron chi connectivity index (χ1n) is 7.16. The van der Waals surface area contributed by atoms with Gasteiger partial charge in [-0.2, -0.15) is 4.98 Å². The van der Waals surface area contributed by atoms with Gasteiger partial charge in [0, 0.05) is 18.3 Å². The second-order valence-corrected chi connectivity index (χ2v) is 5.64. The summed E-state index contributed by atoms with van der Waals surface area (Å²) in [5.41, 5.74) is 0.923. The molecule has 1 N–H and O–H groups in total. The predicted molar refractivity (Wildman–Crippen MR) is 79.6 cm³/mol. The van der Waals surface area contributed by atoms with Crippen molar-refractivity contribution in [2.24, 2.45) is 17.8 Å². The van der Waals surface area contributed by atoms with Crippen LogP contribution in [0.1, 0.15) is 40.3 Å². The maximum Gasteiger partial charge on any atom is 0.226 e. The summed E-state index contributed by atoms with van der Waals surface area (Å²) >= 11 is 0. The van der Waals surface area contributed by atoms with Gasteiger partial charge in [0.25, 0.3) is 0 Å². The lowest BCUT2D eigenvalue weighted by Crippen LogP contribution is -2.25. The summed E-state index contributed by atoms with van der Waals surface area (Å²) < 4.78 is 5.44. The van der Waals surface area contributed by atoms with Crippen LogP contribution in [0.3, 0.4) is 0 Å². The zero-order chi connectivity index (χ0) is 14.4. The van der Waals surface area contributed by atoms with Gasteiger partial charge in [-0.05, 0) is 31.6 Å². The minimum Gasteiger partial charge on any atom is -0.478 e. The Kier molecular flexibility index (Phi) is 6.06. The molecule has 4 nitrogen and oxygen atoms in total. The summed E-state index contributed by atoms with van der Waals surface area (Å²) in [5, 5.41) is 3.34. The largest absolute Gasteiger partial charge is 0.478 e. The highest BCUT2D eigenvalue weighted by Crippen LogP contribution is 2.21. The van der Waals surface area contributed by atoms with E-state index in [4.69, 9.17) is 4.74 Å². The average molecular weight is 265 g/mol. The first-order valence-corrected chi connectivity index (χ1v) is 7.16. The SMILES string of the molecule is CCOc1cc(C)nc(NCC(C(C)C)C(C)C)n1. The van der Waals surface area contributed by atoms with Crippen molar-refractivity contribution in [1.29, 1.82) is 0 Å². The van der Waals surface area contributed by atoms with E-state index in [9.17, 15) is 0 Å². The molecule has 0 radical (unpaired) electrons. The Balaban J connectivity index is 2.71. The van der Waals surface area contributed by atoms with Crippen molar-refractivity contribution < 1.29 is 4.74 Å². The molecule has 0 atom stereocenters. The zero-order valence-corrected chi connectivity index (χ0v) is 13.0. The van der Waals surface area contributed by atoms with Crippen molar-refractivity contribution in [3.8, 4) is 5.88 Å². The molecule has 1 aromatic heterocycles. The zero-order valence-electron chi connectivity index (χ0n) is 13.0. The van der Waals surface area contributed by atoms with Gasteiger partial charge in [0.1, 0.15) is 0 Å². The molecule has 1 heterocycles. The highest BCUT2D eigenvalue weighted by Gasteiger charge is 2.17. The van der Waals surface area contributed by atoms with E-state index in [0.29, 0.717) is 36.2 Å². The summed E-state index contributed by atoms with van der Waals surface area (Å²) in [6.07, 6.45) is 0. The van der Waals surface area contributed by atoms with Crippen molar-refractivity contribution in [2.45, 2.75) is 41.5 Å². The number of aryl methyl sites for hydroxylation is 1. The highest BCUT2D eigenvalue weighted by atomic mass is 16.5. The molecule has 0 aliphatic carbocycles. The summed E-state index contributed by atoms with van der Waals surface area (Å²) in [6.45, 7) is 14.5. The first kappa shape index (κ1) is 15.7. The summed E-state index contributed by atoms with van der Waals surface area (Å²) in [4.78, 5) is 8.77. The van der Waals surface area contributed by atoms with E-state index in [-0.39, 0.29) is 0 Å². The molecular weight excluding hydrogens is 238 g/mol. The third-order valence-electron chi connectivity index (χ3n) is 3.33. The van der Waals surface area contributed by atoms with Gasteiger partial charge in [-0.15, -0.1) is 0 Å². The van der Waals surface area contributed by atoms with Gasteiger partial charge < -0.3 is 10.1 Å². The van der Waals surface area contributed by atoms with E-state index < -0.39 is 0 Å². The molecule has 0 bridgehead atoms. The molecule has 0 amide bonds. The van der Waals surface area contributed by atoms with Crippen LogP contribution < -0.4 is 10.1 Å². The van der Waals surface area contributed by atoms with Crippen LogP contribution >= 0.6 is 0 Å². The normalized spacial score (nSPS) is 11.4. The van der Waals surface area contributed by atoms with Crippen molar-refractivity contribution in [2.75, 3.05) is 18.5 Å². The van der Waals surface area contributed by atoms with E-state index in [1.807, 2.05) is 19.9 Å². The third kappa shape index (κ3) is 5.05. The molecule has 0 aromatic carbocycles. The Labute approximate surface area is 117 Å². The number of aromatic nitrogens is 2. The Morgan fingerprint density at radius 3 is 2.32 bits per heavy atom. The van der Waals surface area contributed by atoms with Crippen LogP contribution in [0.4, 0.5) is 5.95 Å². The minimum atomic E-state index is 0.611. The number of rotatable bonds is 7. The molecule has 0 aliphatic rings. The number of nitrogens with zero attached hydrogens (tertiary/aromatic N) is 2. The van der Waals surface area contributed by atoms with Gasteiger partial charge in [0.15, 0.2) is 0 Å². The van der Waals surface area contributed by atoms with Gasteiger partial charge in [-0.3, -0.25) is 0 Å². The average Bonchev–Trinajstić information content (AvgIpc) is 2.27. The minimum absolute atomic E-state index is 0.611. The van der Waals surface area contributed by atoms with Crippen molar-refractivity contribution in [1.82, 2.24) is 9.97 Å². The maximum absolute atomic E-state index is 5.44. The summed E-state index contributed by atoms with van der Waals surface area (Å²) in [7, 11) is 0. The molecule has 0 spiro atoms. The Bertz CT molecular complexity index is 383. The fourth-order valence-electron chi connectivity index (χ4n) is 2.29. The highest BCUT2D eigenvalue weighted by molar-refractivity contribution is 5.30. The topological polar surface area (TPSA) is 47.0 Å². The van der Waals surface area contributed by atoms with Gasteiger partial charge >= 0.3 is 0 Å². The van der Waals surface area contributed by atoms with Crippen LogP contribution in [0.2, 0.25) is 0 Å². The summed E-state index contributed by atoms with van der Waals surface area (Å²) in [6, 6.07) is 1.86. The second-order valence-electron chi connectivity index (χ2n) is 5.64. The molecule has 0 aliphatic heterocycles. The maximum atomic E-state index is 5.44. The second kappa shape index (κ2) is 7.31. The predicted octanol–water partition coefficient (Wildman–Crippen LogP) is 3.52. The third-order valence-corrected chi connectivity index (χ3v) is 3.33. The van der Waals surface area contributed by atoms with Crippen molar-refractivity contribution in [3.05, 3.63) is 11.8 Å². The fourth-order valence-corrected chi connectivity index (χ4v) is 2.29. The molecule has 0 saturated heterocycles. The molecule has 108 valence electrons. The van der Waals surface area contributed by atoms with E-state index in [1.54, 1.807) is 0 Å². The molecule has 0 saturated carbocycles. The Morgan fingerprint density at radius 1 is 1.16 bits per heavy atom. The molecular formula is C15H27N3O. The number of nitrogens with one attached hydrogen (secondary N) is 1. The molecule has 4 heteroatoms. The Morgan fingerprint density at radius 2 is 1.79 bits per heavy atom. The smallest absolute Gasteiger partial charge is 0.226 e. The van der Waals surface area contributed by atoms with Gasteiger partial charge in [-0.1, -0.05) is 27.7 Å². The molecule has 19 heavy (non-hydrogen) atoms. The van der Waals surface area contributed by atoms with Gasteiger partial charge in [0.2, 0.25) is 11.8 Å². The number of ether oxygens (including phenoxy) is 1. The van der Waals surface area contributed by atoms with Crippen LogP contribution in [-0.2, 0) is 0 Å². The van der Waals surface area contributed by atoms with E-state index in [0.717, 1.165) is 12.2 Å². The fraction of sp³-hybridized carbons (Fsp3) is 0.733. The number of hydrogen-bond acceptors (Lipinski definition) is 4. The molecule has 0 fully saturated rings. The van der Waals surface area contributed by atoms with Gasteiger partial charge in [0.05, 0.1) is 6.61 Å². The van der Waals surface area contributed by atoms with Crippen molar-refractivity contribution in [3.63, 3.8) is 0 Å². The lowest BCUT2D eigenvalue weighted by atomic mass is 9.85. The Hall–Kier alpha value is -1.32. The van der Waals surface area contributed by atoms with Crippen LogP contribution in [-0.4, -0.2) is 23.1 Å².